The van der Waals surface area contributed by atoms with Gasteiger partial charge in [-0.05, 0) is 38.8 Å². The molecule has 19 heavy (non-hydrogen) atoms. The van der Waals surface area contributed by atoms with Crippen molar-refractivity contribution in [1.29, 1.82) is 0 Å². The van der Waals surface area contributed by atoms with Crippen molar-refractivity contribution < 1.29 is 9.53 Å². The van der Waals surface area contributed by atoms with Crippen LogP contribution in [0.1, 0.15) is 30.2 Å². The third-order valence-electron chi connectivity index (χ3n) is 3.38. The van der Waals surface area contributed by atoms with E-state index in [-0.39, 0.29) is 30.0 Å². The lowest BCUT2D eigenvalue weighted by molar-refractivity contribution is -0.123. The van der Waals surface area contributed by atoms with E-state index in [2.05, 4.69) is 10.3 Å². The van der Waals surface area contributed by atoms with Crippen LogP contribution < -0.4 is 10.9 Å². The van der Waals surface area contributed by atoms with Gasteiger partial charge in [-0.3, -0.25) is 9.59 Å². The van der Waals surface area contributed by atoms with Crippen molar-refractivity contribution in [2.24, 2.45) is 5.92 Å². The molecule has 1 aliphatic carbocycles. The second-order valence-corrected chi connectivity index (χ2v) is 5.00. The van der Waals surface area contributed by atoms with Crippen LogP contribution >= 0.6 is 0 Å². The van der Waals surface area contributed by atoms with Crippen molar-refractivity contribution >= 4 is 5.91 Å². The number of carbonyl (C=O) groups is 1. The molecule has 0 aromatic carbocycles. The average Bonchev–Trinajstić information content (AvgIpc) is 3.07. The number of aromatic nitrogens is 1. The summed E-state index contributed by atoms with van der Waals surface area (Å²) >= 11 is 0. The lowest BCUT2D eigenvalue weighted by Gasteiger charge is -2.08. The van der Waals surface area contributed by atoms with E-state index >= 15 is 0 Å². The SMILES string of the molecule is CCO[C@H]1C[C@@H]1C(=O)NCc1c(C)cc(C)[nH]c1=O. The maximum absolute atomic E-state index is 11.9. The minimum absolute atomic E-state index is 0.0298. The molecule has 1 heterocycles. The van der Waals surface area contributed by atoms with Crippen LogP contribution in [0.25, 0.3) is 0 Å². The second-order valence-electron chi connectivity index (χ2n) is 5.00. The molecule has 2 atom stereocenters. The third kappa shape index (κ3) is 3.23. The summed E-state index contributed by atoms with van der Waals surface area (Å²) in [6.07, 6.45) is 0.838. The van der Waals surface area contributed by atoms with Crippen molar-refractivity contribution in [2.45, 2.75) is 39.8 Å². The van der Waals surface area contributed by atoms with Crippen molar-refractivity contribution in [3.05, 3.63) is 33.2 Å². The topological polar surface area (TPSA) is 71.2 Å². The van der Waals surface area contributed by atoms with Crippen molar-refractivity contribution in [2.75, 3.05) is 6.61 Å². The molecule has 1 saturated carbocycles. The zero-order valence-corrected chi connectivity index (χ0v) is 11.6. The van der Waals surface area contributed by atoms with Gasteiger partial charge in [-0.2, -0.15) is 0 Å². The van der Waals surface area contributed by atoms with Gasteiger partial charge in [-0.1, -0.05) is 0 Å². The van der Waals surface area contributed by atoms with Crippen LogP contribution in [0.2, 0.25) is 0 Å². The highest BCUT2D eigenvalue weighted by Crippen LogP contribution is 2.33. The first kappa shape index (κ1) is 13.8. The Morgan fingerprint density at radius 1 is 1.53 bits per heavy atom. The number of hydrogen-bond acceptors (Lipinski definition) is 3. The number of amides is 1. The monoisotopic (exact) mass is 264 g/mol. The number of ether oxygens (including phenoxy) is 1. The molecule has 1 aliphatic rings. The lowest BCUT2D eigenvalue weighted by atomic mass is 10.1. The van der Waals surface area contributed by atoms with Crippen molar-refractivity contribution in [1.82, 2.24) is 10.3 Å². The fourth-order valence-corrected chi connectivity index (χ4v) is 2.25. The van der Waals surface area contributed by atoms with E-state index in [1.807, 2.05) is 26.8 Å². The molecule has 1 aromatic heterocycles. The maximum atomic E-state index is 11.9. The standard InChI is InChI=1S/C14H20N2O3/c1-4-19-12-6-10(12)13(17)15-7-11-8(2)5-9(3)16-14(11)18/h5,10,12H,4,6-7H2,1-3H3,(H,15,17)(H,16,18)/t10-,12-/m0/s1. The van der Waals surface area contributed by atoms with E-state index < -0.39 is 0 Å². The first-order chi connectivity index (χ1) is 9.02. The fraction of sp³-hybridized carbons (Fsp3) is 0.571. The maximum Gasteiger partial charge on any atom is 0.253 e. The minimum Gasteiger partial charge on any atom is -0.378 e. The van der Waals surface area contributed by atoms with E-state index in [4.69, 9.17) is 4.74 Å². The first-order valence-electron chi connectivity index (χ1n) is 6.61. The summed E-state index contributed by atoms with van der Waals surface area (Å²) in [6.45, 7) is 6.54. The molecule has 1 fully saturated rings. The Morgan fingerprint density at radius 2 is 2.26 bits per heavy atom. The molecule has 1 aromatic rings. The lowest BCUT2D eigenvalue weighted by Crippen LogP contribution is -2.29. The highest BCUT2D eigenvalue weighted by atomic mass is 16.5. The Hall–Kier alpha value is -1.62. The molecule has 0 unspecified atom stereocenters. The quantitative estimate of drug-likeness (QED) is 0.834. The Balaban J connectivity index is 1.93. The first-order valence-corrected chi connectivity index (χ1v) is 6.61. The van der Waals surface area contributed by atoms with Crippen LogP contribution in [0, 0.1) is 19.8 Å². The molecule has 0 spiro atoms. The zero-order valence-electron chi connectivity index (χ0n) is 11.6. The van der Waals surface area contributed by atoms with E-state index in [0.717, 1.165) is 17.7 Å². The zero-order chi connectivity index (χ0) is 14.0. The van der Waals surface area contributed by atoms with Crippen LogP contribution in [0.3, 0.4) is 0 Å². The molecule has 0 aliphatic heterocycles. The predicted molar refractivity (Wildman–Crippen MR) is 71.9 cm³/mol. The molecule has 5 heteroatoms. The molecule has 5 nitrogen and oxygen atoms in total. The van der Waals surface area contributed by atoms with Gasteiger partial charge in [0.15, 0.2) is 0 Å². The van der Waals surface area contributed by atoms with E-state index in [0.29, 0.717) is 12.2 Å². The summed E-state index contributed by atoms with van der Waals surface area (Å²) in [7, 11) is 0. The summed E-state index contributed by atoms with van der Waals surface area (Å²) in [5.41, 5.74) is 2.22. The van der Waals surface area contributed by atoms with Gasteiger partial charge in [0.05, 0.1) is 12.0 Å². The molecule has 2 rings (SSSR count). The second kappa shape index (κ2) is 5.57. The normalized spacial score (nSPS) is 21.2. The molecule has 2 N–H and O–H groups in total. The third-order valence-corrected chi connectivity index (χ3v) is 3.38. The van der Waals surface area contributed by atoms with Crippen molar-refractivity contribution in [3.8, 4) is 0 Å². The van der Waals surface area contributed by atoms with E-state index in [1.54, 1.807) is 0 Å². The Kier molecular flexibility index (Phi) is 4.04. The molecule has 104 valence electrons. The predicted octanol–water partition coefficient (Wildman–Crippen LogP) is 1.03. The number of H-pyrrole nitrogens is 1. The van der Waals surface area contributed by atoms with Crippen LogP contribution in [0.5, 0.6) is 0 Å². The van der Waals surface area contributed by atoms with Gasteiger partial charge in [0.25, 0.3) is 5.56 Å². The van der Waals surface area contributed by atoms with Gasteiger partial charge >= 0.3 is 0 Å². The van der Waals surface area contributed by atoms with Crippen LogP contribution in [0.15, 0.2) is 10.9 Å². The highest BCUT2D eigenvalue weighted by molar-refractivity contribution is 5.82. The number of aromatic amines is 1. The number of pyridine rings is 1. The smallest absolute Gasteiger partial charge is 0.253 e. The van der Waals surface area contributed by atoms with Crippen LogP contribution in [-0.2, 0) is 16.1 Å². The molecule has 1 amide bonds. The van der Waals surface area contributed by atoms with E-state index in [9.17, 15) is 9.59 Å². The summed E-state index contributed by atoms with van der Waals surface area (Å²) in [4.78, 5) is 26.4. The Labute approximate surface area is 112 Å². The summed E-state index contributed by atoms with van der Waals surface area (Å²) in [5.74, 6) is -0.0809. The summed E-state index contributed by atoms with van der Waals surface area (Å²) in [6, 6.07) is 1.91. The molecular weight excluding hydrogens is 244 g/mol. The van der Waals surface area contributed by atoms with Crippen LogP contribution in [-0.4, -0.2) is 23.6 Å². The van der Waals surface area contributed by atoms with Gasteiger partial charge in [-0.25, -0.2) is 0 Å². The van der Waals surface area contributed by atoms with Gasteiger partial charge < -0.3 is 15.0 Å². The largest absolute Gasteiger partial charge is 0.378 e. The van der Waals surface area contributed by atoms with E-state index in [1.165, 1.54) is 0 Å². The number of rotatable bonds is 5. The van der Waals surface area contributed by atoms with Gasteiger partial charge in [-0.15, -0.1) is 0 Å². The molecular formula is C14H20N2O3. The highest BCUT2D eigenvalue weighted by Gasteiger charge is 2.43. The molecule has 0 saturated heterocycles. The Morgan fingerprint density at radius 3 is 2.89 bits per heavy atom. The number of carbonyl (C=O) groups excluding carboxylic acids is 1. The molecule has 0 radical (unpaired) electrons. The number of aryl methyl sites for hydroxylation is 2. The van der Waals surface area contributed by atoms with Gasteiger partial charge in [0.2, 0.25) is 5.91 Å². The van der Waals surface area contributed by atoms with Gasteiger partial charge in [0.1, 0.15) is 0 Å². The van der Waals surface area contributed by atoms with Crippen LogP contribution in [0.4, 0.5) is 0 Å². The van der Waals surface area contributed by atoms with Crippen molar-refractivity contribution in [3.63, 3.8) is 0 Å². The average molecular weight is 264 g/mol. The Bertz CT molecular complexity index is 536. The summed E-state index contributed by atoms with van der Waals surface area (Å²) < 4.78 is 5.37. The fourth-order valence-electron chi connectivity index (χ4n) is 2.25. The number of nitrogens with one attached hydrogen (secondary N) is 2. The molecule has 0 bridgehead atoms. The minimum atomic E-state index is -0.130. The summed E-state index contributed by atoms with van der Waals surface area (Å²) in [5, 5.41) is 2.81. The van der Waals surface area contributed by atoms with Gasteiger partial charge in [0, 0.05) is 24.4 Å². The number of hydrogen-bond donors (Lipinski definition) is 2.